The minimum atomic E-state index is -3.50. The van der Waals surface area contributed by atoms with E-state index in [2.05, 4.69) is 5.32 Å². The third kappa shape index (κ3) is 4.75. The fraction of sp³-hybridized carbons (Fsp3) is 0.227. The Morgan fingerprint density at radius 3 is 2.30 bits per heavy atom. The summed E-state index contributed by atoms with van der Waals surface area (Å²) in [5.74, 6) is 0.315. The van der Waals surface area contributed by atoms with Crippen molar-refractivity contribution in [2.45, 2.75) is 25.3 Å². The number of furan rings is 1. The molecule has 0 saturated carbocycles. The van der Waals surface area contributed by atoms with Crippen molar-refractivity contribution in [2.24, 2.45) is 0 Å². The first-order valence-corrected chi connectivity index (χ1v) is 11.4. The van der Waals surface area contributed by atoms with E-state index >= 15 is 0 Å². The second-order valence-electron chi connectivity index (χ2n) is 6.56. The summed E-state index contributed by atoms with van der Waals surface area (Å²) < 4.78 is 32.1. The van der Waals surface area contributed by atoms with Crippen LogP contribution < -0.4 is 5.32 Å². The molecule has 3 aromatic rings. The monoisotopic (exact) mass is 446 g/mol. The maximum atomic E-state index is 12.5. The van der Waals surface area contributed by atoms with Crippen molar-refractivity contribution in [3.05, 3.63) is 77.0 Å². The van der Waals surface area contributed by atoms with E-state index in [-0.39, 0.29) is 23.1 Å². The van der Waals surface area contributed by atoms with Gasteiger partial charge < -0.3 is 9.73 Å². The zero-order valence-electron chi connectivity index (χ0n) is 16.8. The van der Waals surface area contributed by atoms with Gasteiger partial charge in [-0.1, -0.05) is 49.7 Å². The molecule has 2 aromatic carbocycles. The normalized spacial score (nSPS) is 11.6. The summed E-state index contributed by atoms with van der Waals surface area (Å²) in [4.78, 5) is 12.6. The lowest BCUT2D eigenvalue weighted by molar-refractivity contribution is 0.0924. The van der Waals surface area contributed by atoms with Gasteiger partial charge in [-0.3, -0.25) is 4.79 Å². The van der Waals surface area contributed by atoms with Crippen molar-refractivity contribution < 1.29 is 17.6 Å². The van der Waals surface area contributed by atoms with Crippen molar-refractivity contribution in [3.8, 4) is 11.3 Å². The number of hydrogen-bond donors (Lipinski definition) is 1. The van der Waals surface area contributed by atoms with Crippen LogP contribution in [0.3, 0.4) is 0 Å². The lowest BCUT2D eigenvalue weighted by Crippen LogP contribution is -2.30. The highest BCUT2D eigenvalue weighted by Crippen LogP contribution is 2.29. The second kappa shape index (κ2) is 9.47. The van der Waals surface area contributed by atoms with E-state index in [4.69, 9.17) is 16.0 Å². The topological polar surface area (TPSA) is 79.6 Å². The van der Waals surface area contributed by atoms with Gasteiger partial charge in [-0.15, -0.1) is 0 Å². The number of halogens is 1. The molecule has 0 aliphatic carbocycles. The van der Waals surface area contributed by atoms with Crippen LogP contribution in [0.2, 0.25) is 5.02 Å². The molecular formula is C22H23ClN2O4S. The zero-order valence-corrected chi connectivity index (χ0v) is 18.3. The SMILES string of the molecule is CCN(CC)S(=O)(=O)c1ccc(CNC(=O)c2ccc(-c3ccccc3Cl)o2)cc1. The van der Waals surface area contributed by atoms with Crippen LogP contribution in [-0.4, -0.2) is 31.7 Å². The van der Waals surface area contributed by atoms with E-state index in [1.165, 1.54) is 4.31 Å². The Morgan fingerprint density at radius 2 is 1.67 bits per heavy atom. The number of nitrogens with one attached hydrogen (secondary N) is 1. The van der Waals surface area contributed by atoms with Gasteiger partial charge in [-0.2, -0.15) is 4.31 Å². The van der Waals surface area contributed by atoms with Gasteiger partial charge in [0.1, 0.15) is 5.76 Å². The van der Waals surface area contributed by atoms with Gasteiger partial charge in [0.2, 0.25) is 10.0 Å². The van der Waals surface area contributed by atoms with E-state index in [9.17, 15) is 13.2 Å². The summed E-state index contributed by atoms with van der Waals surface area (Å²) in [6.45, 7) is 4.67. The molecule has 0 aliphatic heterocycles. The van der Waals surface area contributed by atoms with E-state index in [1.807, 2.05) is 18.2 Å². The molecule has 0 radical (unpaired) electrons. The van der Waals surface area contributed by atoms with Crippen LogP contribution in [0, 0.1) is 0 Å². The molecule has 158 valence electrons. The number of hydrogen-bond acceptors (Lipinski definition) is 4. The highest BCUT2D eigenvalue weighted by atomic mass is 35.5. The Kier molecular flexibility index (Phi) is 6.97. The van der Waals surface area contributed by atoms with Gasteiger partial charge in [0.15, 0.2) is 5.76 Å². The van der Waals surface area contributed by atoms with Crippen LogP contribution in [0.5, 0.6) is 0 Å². The Morgan fingerprint density at radius 1 is 1.00 bits per heavy atom. The molecule has 30 heavy (non-hydrogen) atoms. The highest BCUT2D eigenvalue weighted by molar-refractivity contribution is 7.89. The number of rotatable bonds is 8. The van der Waals surface area contributed by atoms with E-state index < -0.39 is 10.0 Å². The molecule has 1 aromatic heterocycles. The second-order valence-corrected chi connectivity index (χ2v) is 8.90. The quantitative estimate of drug-likeness (QED) is 0.550. The molecule has 0 spiro atoms. The minimum Gasteiger partial charge on any atom is -0.451 e. The van der Waals surface area contributed by atoms with Crippen molar-refractivity contribution >= 4 is 27.5 Å². The van der Waals surface area contributed by atoms with Gasteiger partial charge in [0, 0.05) is 25.2 Å². The van der Waals surface area contributed by atoms with Crippen molar-refractivity contribution in [1.82, 2.24) is 9.62 Å². The molecule has 0 unspecified atom stereocenters. The average molecular weight is 447 g/mol. The first-order chi connectivity index (χ1) is 14.4. The molecule has 1 heterocycles. The van der Waals surface area contributed by atoms with Gasteiger partial charge in [-0.05, 0) is 42.0 Å². The molecule has 1 N–H and O–H groups in total. The Bertz CT molecular complexity index is 1120. The molecule has 0 bridgehead atoms. The van der Waals surface area contributed by atoms with Gasteiger partial charge in [-0.25, -0.2) is 8.42 Å². The zero-order chi connectivity index (χ0) is 21.7. The summed E-state index contributed by atoms with van der Waals surface area (Å²) in [7, 11) is -3.50. The lowest BCUT2D eigenvalue weighted by atomic mass is 10.2. The molecule has 1 amide bonds. The van der Waals surface area contributed by atoms with Crippen molar-refractivity contribution in [1.29, 1.82) is 0 Å². The van der Waals surface area contributed by atoms with Crippen LogP contribution in [-0.2, 0) is 16.6 Å². The third-order valence-electron chi connectivity index (χ3n) is 4.69. The third-order valence-corrected chi connectivity index (χ3v) is 7.08. The molecule has 8 heteroatoms. The smallest absolute Gasteiger partial charge is 0.287 e. The molecule has 0 saturated heterocycles. The maximum Gasteiger partial charge on any atom is 0.287 e. The van der Waals surface area contributed by atoms with E-state index in [1.54, 1.807) is 56.3 Å². The van der Waals surface area contributed by atoms with E-state index in [0.29, 0.717) is 29.4 Å². The largest absolute Gasteiger partial charge is 0.451 e. The summed E-state index contributed by atoms with van der Waals surface area (Å²) in [5.41, 5.74) is 1.49. The number of carbonyl (C=O) groups excluding carboxylic acids is 1. The highest BCUT2D eigenvalue weighted by Gasteiger charge is 2.21. The predicted molar refractivity (Wildman–Crippen MR) is 117 cm³/mol. The molecule has 0 atom stereocenters. The summed E-state index contributed by atoms with van der Waals surface area (Å²) in [6, 6.07) is 17.0. The summed E-state index contributed by atoms with van der Waals surface area (Å²) in [6.07, 6.45) is 0. The minimum absolute atomic E-state index is 0.172. The maximum absolute atomic E-state index is 12.5. The number of nitrogens with zero attached hydrogens (tertiary/aromatic N) is 1. The number of carbonyl (C=O) groups is 1. The number of benzene rings is 2. The van der Waals surface area contributed by atoms with E-state index in [0.717, 1.165) is 5.56 Å². The molecule has 0 aliphatic rings. The van der Waals surface area contributed by atoms with Gasteiger partial charge in [0.25, 0.3) is 5.91 Å². The first kappa shape index (κ1) is 22.1. The molecule has 6 nitrogen and oxygen atoms in total. The molecule has 0 fully saturated rings. The predicted octanol–water partition coefficient (Wildman–Crippen LogP) is 4.56. The molecule has 3 rings (SSSR count). The van der Waals surface area contributed by atoms with Gasteiger partial charge >= 0.3 is 0 Å². The Labute approximate surface area is 181 Å². The Hall–Kier alpha value is -2.61. The first-order valence-electron chi connectivity index (χ1n) is 9.58. The fourth-order valence-electron chi connectivity index (χ4n) is 3.03. The van der Waals surface area contributed by atoms with Crippen LogP contribution >= 0.6 is 11.6 Å². The van der Waals surface area contributed by atoms with Gasteiger partial charge in [0.05, 0.1) is 9.92 Å². The summed E-state index contributed by atoms with van der Waals surface area (Å²) >= 11 is 6.17. The van der Waals surface area contributed by atoms with Crippen LogP contribution in [0.25, 0.3) is 11.3 Å². The average Bonchev–Trinajstić information content (AvgIpc) is 3.23. The van der Waals surface area contributed by atoms with Crippen LogP contribution in [0.15, 0.2) is 70.0 Å². The number of amides is 1. The van der Waals surface area contributed by atoms with Crippen molar-refractivity contribution in [2.75, 3.05) is 13.1 Å². The van der Waals surface area contributed by atoms with Crippen molar-refractivity contribution in [3.63, 3.8) is 0 Å². The van der Waals surface area contributed by atoms with Crippen LogP contribution in [0.1, 0.15) is 30.0 Å². The molecular weight excluding hydrogens is 424 g/mol. The number of sulfonamides is 1. The Balaban J connectivity index is 1.65. The lowest BCUT2D eigenvalue weighted by Gasteiger charge is -2.18. The fourth-order valence-corrected chi connectivity index (χ4v) is 4.71. The standard InChI is InChI=1S/C22H23ClN2O4S/c1-3-25(4-2)30(27,28)17-11-9-16(10-12-17)15-24-22(26)21-14-13-20(29-21)18-7-5-6-8-19(18)23/h5-14H,3-4,15H2,1-2H3,(H,24,26). The summed E-state index contributed by atoms with van der Waals surface area (Å²) in [5, 5.41) is 3.31. The van der Waals surface area contributed by atoms with Crippen LogP contribution in [0.4, 0.5) is 0 Å².